The molecule has 0 saturated heterocycles. The maximum Gasteiger partial charge on any atom is 0.322 e. The van der Waals surface area contributed by atoms with Crippen LogP contribution in [0.25, 0.3) is 5.69 Å². The number of fused-ring (bicyclic) bond motifs is 1. The molecule has 1 aliphatic heterocycles. The smallest absolute Gasteiger partial charge is 0.322 e. The molecule has 0 bridgehead atoms. The number of carbonyl (C=O) groups is 1. The predicted molar refractivity (Wildman–Crippen MR) is 106 cm³/mol. The Kier molecular flexibility index (Phi) is 4.94. The molecule has 0 spiro atoms. The molecule has 2 heterocycles. The van der Waals surface area contributed by atoms with E-state index in [-0.39, 0.29) is 11.8 Å². The van der Waals surface area contributed by atoms with E-state index in [1.54, 1.807) is 27.9 Å². The summed E-state index contributed by atoms with van der Waals surface area (Å²) in [5, 5.41) is 7.40. The van der Waals surface area contributed by atoms with Crippen LogP contribution in [0.1, 0.15) is 17.7 Å². The number of nitrogens with zero attached hydrogens (tertiary/aromatic N) is 3. The number of carbonyl (C=O) groups excluding carboxylic acids is 1. The number of nitrogens with one attached hydrogen (secondary N) is 1. The normalized spacial score (nSPS) is 13.3. The van der Waals surface area contributed by atoms with Crippen LogP contribution in [0.5, 0.6) is 0 Å². The van der Waals surface area contributed by atoms with Gasteiger partial charge in [0.2, 0.25) is 0 Å². The van der Waals surface area contributed by atoms with E-state index in [9.17, 15) is 9.18 Å². The van der Waals surface area contributed by atoms with Crippen molar-refractivity contribution in [3.63, 3.8) is 0 Å². The largest absolute Gasteiger partial charge is 0.334 e. The van der Waals surface area contributed by atoms with E-state index < -0.39 is 0 Å². The van der Waals surface area contributed by atoms with Gasteiger partial charge >= 0.3 is 6.03 Å². The number of aromatic nitrogens is 2. The zero-order valence-corrected chi connectivity index (χ0v) is 16.1. The topological polar surface area (TPSA) is 50.2 Å². The lowest BCUT2D eigenvalue weighted by Gasteiger charge is -2.27. The number of hydrogen-bond acceptors (Lipinski definition) is 2. The summed E-state index contributed by atoms with van der Waals surface area (Å²) in [6.07, 6.45) is 3.38. The average molecular weight is 429 g/mol. The predicted octanol–water partition coefficient (Wildman–Crippen LogP) is 4.44. The van der Waals surface area contributed by atoms with Crippen LogP contribution in [0.4, 0.5) is 14.9 Å². The van der Waals surface area contributed by atoms with E-state index in [4.69, 9.17) is 0 Å². The van der Waals surface area contributed by atoms with Crippen LogP contribution in [0.15, 0.2) is 59.2 Å². The summed E-state index contributed by atoms with van der Waals surface area (Å²) in [5.74, 6) is -0.284. The van der Waals surface area contributed by atoms with Gasteiger partial charge in [-0.1, -0.05) is 28.1 Å². The Morgan fingerprint density at radius 2 is 1.89 bits per heavy atom. The van der Waals surface area contributed by atoms with Crippen molar-refractivity contribution in [1.82, 2.24) is 15.1 Å². The summed E-state index contributed by atoms with van der Waals surface area (Å²) in [5.41, 5.74) is 3.59. The molecular weight excluding hydrogens is 411 g/mol. The summed E-state index contributed by atoms with van der Waals surface area (Å²) in [4.78, 5) is 14.4. The fraction of sp³-hybridized carbons (Fsp3) is 0.200. The molecule has 7 heteroatoms. The van der Waals surface area contributed by atoms with E-state index in [0.717, 1.165) is 39.9 Å². The molecule has 27 heavy (non-hydrogen) atoms. The number of amides is 2. The lowest BCUT2D eigenvalue weighted by molar-refractivity contribution is 0.245. The van der Waals surface area contributed by atoms with Gasteiger partial charge in [0.05, 0.1) is 23.3 Å². The fourth-order valence-corrected chi connectivity index (χ4v) is 3.51. The number of rotatable bonds is 3. The van der Waals surface area contributed by atoms with E-state index in [0.29, 0.717) is 13.1 Å². The lowest BCUT2D eigenvalue weighted by Crippen LogP contribution is -2.42. The van der Waals surface area contributed by atoms with E-state index in [2.05, 4.69) is 26.3 Å². The van der Waals surface area contributed by atoms with E-state index >= 15 is 0 Å². The number of anilines is 1. The van der Waals surface area contributed by atoms with Crippen LogP contribution in [0.3, 0.4) is 0 Å². The van der Waals surface area contributed by atoms with Gasteiger partial charge < -0.3 is 5.32 Å². The maximum atomic E-state index is 13.2. The molecule has 0 aliphatic carbocycles. The molecule has 0 fully saturated rings. The van der Waals surface area contributed by atoms with Gasteiger partial charge in [0, 0.05) is 17.6 Å². The molecule has 5 nitrogen and oxygen atoms in total. The van der Waals surface area contributed by atoms with Crippen molar-refractivity contribution in [3.05, 3.63) is 76.3 Å². The van der Waals surface area contributed by atoms with Gasteiger partial charge in [0.15, 0.2) is 0 Å². The molecule has 0 unspecified atom stereocenters. The summed E-state index contributed by atoms with van der Waals surface area (Å²) < 4.78 is 16.0. The van der Waals surface area contributed by atoms with Crippen molar-refractivity contribution < 1.29 is 9.18 Å². The Labute approximate surface area is 164 Å². The maximum absolute atomic E-state index is 13.2. The van der Waals surface area contributed by atoms with Crippen LogP contribution in [0, 0.1) is 5.82 Å². The molecule has 2 aromatic carbocycles. The highest BCUT2D eigenvalue weighted by atomic mass is 79.9. The van der Waals surface area contributed by atoms with Gasteiger partial charge in [-0.2, -0.15) is 5.10 Å². The van der Waals surface area contributed by atoms with Gasteiger partial charge in [0.1, 0.15) is 5.82 Å². The standard InChI is InChI=1S/C20H18BrFN4O/c21-15-5-3-14(4-6-15)12-23-20(27)25-11-1-2-18-19(25)13-24-26(18)17-9-7-16(22)8-10-17/h3-10,13H,1-2,11-12H2,(H,23,27). The Morgan fingerprint density at radius 3 is 2.63 bits per heavy atom. The summed E-state index contributed by atoms with van der Waals surface area (Å²) in [7, 11) is 0. The minimum atomic E-state index is -0.284. The van der Waals surface area contributed by atoms with Gasteiger partial charge in [-0.05, 0) is 54.8 Å². The van der Waals surface area contributed by atoms with E-state index in [1.807, 2.05) is 24.3 Å². The number of urea groups is 1. The van der Waals surface area contributed by atoms with Crippen molar-refractivity contribution >= 4 is 27.6 Å². The molecule has 1 aromatic heterocycles. The molecular formula is C20H18BrFN4O. The Hall–Kier alpha value is -2.67. The molecule has 1 aliphatic rings. The van der Waals surface area contributed by atoms with Crippen molar-refractivity contribution in [2.45, 2.75) is 19.4 Å². The second-order valence-electron chi connectivity index (χ2n) is 6.41. The first-order valence-electron chi connectivity index (χ1n) is 8.74. The third-order valence-electron chi connectivity index (χ3n) is 4.61. The summed E-state index contributed by atoms with van der Waals surface area (Å²) in [6, 6.07) is 13.9. The van der Waals surface area contributed by atoms with Crippen LogP contribution in [0.2, 0.25) is 0 Å². The zero-order valence-electron chi connectivity index (χ0n) is 14.5. The van der Waals surface area contributed by atoms with Crippen molar-refractivity contribution in [1.29, 1.82) is 0 Å². The number of halogens is 2. The Morgan fingerprint density at radius 1 is 1.15 bits per heavy atom. The average Bonchev–Trinajstić information content (AvgIpc) is 3.12. The number of hydrogen-bond donors (Lipinski definition) is 1. The van der Waals surface area contributed by atoms with Crippen LogP contribution >= 0.6 is 15.9 Å². The Balaban J connectivity index is 1.52. The second-order valence-corrected chi connectivity index (χ2v) is 7.32. The van der Waals surface area contributed by atoms with Crippen molar-refractivity contribution in [2.24, 2.45) is 0 Å². The van der Waals surface area contributed by atoms with Gasteiger partial charge in [-0.15, -0.1) is 0 Å². The summed E-state index contributed by atoms with van der Waals surface area (Å²) in [6.45, 7) is 1.11. The van der Waals surface area contributed by atoms with Crippen LogP contribution < -0.4 is 10.2 Å². The molecule has 0 saturated carbocycles. The van der Waals surface area contributed by atoms with Crippen LogP contribution in [-0.2, 0) is 13.0 Å². The number of benzene rings is 2. The van der Waals surface area contributed by atoms with Crippen molar-refractivity contribution in [2.75, 3.05) is 11.4 Å². The van der Waals surface area contributed by atoms with Gasteiger partial charge in [-0.3, -0.25) is 4.90 Å². The first-order valence-corrected chi connectivity index (χ1v) is 9.54. The minimum Gasteiger partial charge on any atom is -0.334 e. The molecule has 4 rings (SSSR count). The second kappa shape index (κ2) is 7.52. The van der Waals surface area contributed by atoms with Crippen molar-refractivity contribution in [3.8, 4) is 5.69 Å². The first-order chi connectivity index (χ1) is 13.1. The molecule has 2 amide bonds. The highest BCUT2D eigenvalue weighted by molar-refractivity contribution is 9.10. The monoisotopic (exact) mass is 428 g/mol. The Bertz CT molecular complexity index is 953. The summed E-state index contributed by atoms with van der Waals surface area (Å²) >= 11 is 3.41. The third kappa shape index (κ3) is 3.73. The van der Waals surface area contributed by atoms with E-state index in [1.165, 1.54) is 12.1 Å². The molecule has 0 radical (unpaired) electrons. The minimum absolute atomic E-state index is 0.141. The van der Waals surface area contributed by atoms with Crippen LogP contribution in [-0.4, -0.2) is 22.4 Å². The highest BCUT2D eigenvalue weighted by Crippen LogP contribution is 2.29. The molecule has 1 N–H and O–H groups in total. The zero-order chi connectivity index (χ0) is 18.8. The van der Waals surface area contributed by atoms with Gasteiger partial charge in [-0.25, -0.2) is 13.9 Å². The third-order valence-corrected chi connectivity index (χ3v) is 5.13. The molecule has 0 atom stereocenters. The highest BCUT2D eigenvalue weighted by Gasteiger charge is 2.26. The van der Waals surface area contributed by atoms with Gasteiger partial charge in [0.25, 0.3) is 0 Å². The quantitative estimate of drug-likeness (QED) is 0.670. The first kappa shape index (κ1) is 17.7. The lowest BCUT2D eigenvalue weighted by atomic mass is 10.1. The SMILES string of the molecule is O=C(NCc1ccc(Br)cc1)N1CCCc2c1cnn2-c1ccc(F)cc1. The molecule has 138 valence electrons. The molecule has 3 aromatic rings. The fourth-order valence-electron chi connectivity index (χ4n) is 3.24.